The molecule has 1 heteroatoms. The van der Waals surface area contributed by atoms with Crippen LogP contribution in [-0.4, -0.2) is 6.61 Å². The van der Waals surface area contributed by atoms with E-state index in [-0.39, 0.29) is 5.92 Å². The summed E-state index contributed by atoms with van der Waals surface area (Å²) < 4.78 is 6.24. The maximum absolute atomic E-state index is 6.24. The molecule has 1 aliphatic carbocycles. The summed E-state index contributed by atoms with van der Waals surface area (Å²) >= 11 is 0. The Morgan fingerprint density at radius 3 is 2.55 bits per heavy atom. The summed E-state index contributed by atoms with van der Waals surface area (Å²) in [5.74, 6) is 3.05. The predicted molar refractivity (Wildman–Crippen MR) is 81.5 cm³/mol. The molecule has 1 nitrogen and oxygen atoms in total. The highest BCUT2D eigenvalue weighted by atomic mass is 16.5. The summed E-state index contributed by atoms with van der Waals surface area (Å²) in [6, 6.07) is 18.8. The van der Waals surface area contributed by atoms with E-state index in [0.29, 0.717) is 6.61 Å². The summed E-state index contributed by atoms with van der Waals surface area (Å²) in [5.41, 5.74) is 3.24. The van der Waals surface area contributed by atoms with Crippen LogP contribution in [0, 0.1) is 12.3 Å². The van der Waals surface area contributed by atoms with Gasteiger partial charge in [-0.3, -0.25) is 0 Å². The average Bonchev–Trinajstić information content (AvgIpc) is 2.84. The minimum atomic E-state index is -0.399. The Balaban J connectivity index is 2.21. The van der Waals surface area contributed by atoms with Gasteiger partial charge in [0.15, 0.2) is 0 Å². The lowest BCUT2D eigenvalue weighted by Crippen LogP contribution is -2.28. The molecule has 2 aromatic rings. The number of terminal acetylenes is 1. The molecule has 1 aliphatic rings. The minimum absolute atomic E-state index is 0.123. The number of rotatable bonds is 3. The molecule has 0 amide bonds. The average molecular weight is 262 g/mol. The standard InChI is InChI=1S/C19H18O/c1-3-15-14-19(20-4-2,16-10-6-5-7-11-16)18-13-9-8-12-17(15)18/h1,5-13,15H,4,14H2,2H3/t15-,19+/m0/s1. The first-order valence-electron chi connectivity index (χ1n) is 7.07. The van der Waals surface area contributed by atoms with Crippen molar-refractivity contribution in [2.75, 3.05) is 6.61 Å². The summed E-state index contributed by atoms with van der Waals surface area (Å²) in [5, 5.41) is 0. The second-order valence-electron chi connectivity index (χ2n) is 5.14. The Bertz CT molecular complexity index is 638. The summed E-state index contributed by atoms with van der Waals surface area (Å²) in [4.78, 5) is 0. The molecule has 20 heavy (non-hydrogen) atoms. The van der Waals surface area contributed by atoms with Crippen molar-refractivity contribution in [2.24, 2.45) is 0 Å². The van der Waals surface area contributed by atoms with Gasteiger partial charge in [0.2, 0.25) is 0 Å². The quantitative estimate of drug-likeness (QED) is 0.757. The predicted octanol–water partition coefficient (Wildman–Crippen LogP) is 4.09. The van der Waals surface area contributed by atoms with E-state index in [4.69, 9.17) is 11.2 Å². The van der Waals surface area contributed by atoms with Gasteiger partial charge in [0.25, 0.3) is 0 Å². The Morgan fingerprint density at radius 2 is 1.85 bits per heavy atom. The molecule has 0 bridgehead atoms. The van der Waals surface area contributed by atoms with Crippen molar-refractivity contribution < 1.29 is 4.74 Å². The molecule has 3 rings (SSSR count). The third kappa shape index (κ3) is 1.85. The molecule has 0 spiro atoms. The molecule has 0 aliphatic heterocycles. The SMILES string of the molecule is C#C[C@H]1C[C@@](OCC)(c2ccccc2)c2ccccc21. The lowest BCUT2D eigenvalue weighted by atomic mass is 9.87. The highest BCUT2D eigenvalue weighted by Crippen LogP contribution is 2.50. The van der Waals surface area contributed by atoms with Crippen LogP contribution in [0.4, 0.5) is 0 Å². The molecular formula is C19H18O. The Hall–Kier alpha value is -2.04. The summed E-state index contributed by atoms with van der Waals surface area (Å²) in [6.45, 7) is 2.71. The molecule has 0 heterocycles. The van der Waals surface area contributed by atoms with Crippen molar-refractivity contribution in [3.8, 4) is 12.3 Å². The maximum Gasteiger partial charge on any atom is 0.120 e. The third-order valence-corrected chi connectivity index (χ3v) is 4.09. The van der Waals surface area contributed by atoms with Gasteiger partial charge in [-0.05, 0) is 23.6 Å². The summed E-state index contributed by atoms with van der Waals surface area (Å²) in [7, 11) is 0. The van der Waals surface area contributed by atoms with Crippen molar-refractivity contribution in [1.82, 2.24) is 0 Å². The van der Waals surface area contributed by atoms with Crippen LogP contribution in [0.5, 0.6) is 0 Å². The number of fused-ring (bicyclic) bond motifs is 1. The number of hydrogen-bond donors (Lipinski definition) is 0. The lowest BCUT2D eigenvalue weighted by molar-refractivity contribution is -0.0109. The van der Waals surface area contributed by atoms with Crippen LogP contribution in [0.2, 0.25) is 0 Å². The highest BCUT2D eigenvalue weighted by molar-refractivity contribution is 5.50. The van der Waals surface area contributed by atoms with Crippen molar-refractivity contribution in [3.63, 3.8) is 0 Å². The third-order valence-electron chi connectivity index (χ3n) is 4.09. The van der Waals surface area contributed by atoms with Gasteiger partial charge in [0.1, 0.15) is 5.60 Å². The van der Waals surface area contributed by atoms with Gasteiger partial charge in [-0.1, -0.05) is 60.5 Å². The minimum Gasteiger partial charge on any atom is -0.366 e. The van der Waals surface area contributed by atoms with Crippen molar-refractivity contribution >= 4 is 0 Å². The maximum atomic E-state index is 6.24. The fourth-order valence-electron chi connectivity index (χ4n) is 3.27. The molecule has 100 valence electrons. The molecule has 2 atom stereocenters. The van der Waals surface area contributed by atoms with Gasteiger partial charge in [-0.25, -0.2) is 0 Å². The fraction of sp³-hybridized carbons (Fsp3) is 0.263. The monoisotopic (exact) mass is 262 g/mol. The number of benzene rings is 2. The van der Waals surface area contributed by atoms with Gasteiger partial charge in [-0.2, -0.15) is 0 Å². The normalized spacial score (nSPS) is 24.1. The molecule has 0 radical (unpaired) electrons. The van der Waals surface area contributed by atoms with Gasteiger partial charge < -0.3 is 4.74 Å². The first-order valence-corrected chi connectivity index (χ1v) is 7.07. The van der Waals surface area contributed by atoms with Crippen molar-refractivity contribution in [3.05, 3.63) is 71.3 Å². The van der Waals surface area contributed by atoms with Crippen LogP contribution < -0.4 is 0 Å². The second kappa shape index (κ2) is 5.15. The second-order valence-corrected chi connectivity index (χ2v) is 5.14. The largest absolute Gasteiger partial charge is 0.366 e. The lowest BCUT2D eigenvalue weighted by Gasteiger charge is -2.31. The molecule has 0 aromatic heterocycles. The molecule has 0 N–H and O–H groups in total. The number of ether oxygens (including phenoxy) is 1. The Morgan fingerprint density at radius 1 is 1.15 bits per heavy atom. The van der Waals surface area contributed by atoms with E-state index < -0.39 is 5.60 Å². The van der Waals surface area contributed by atoms with Crippen molar-refractivity contribution in [2.45, 2.75) is 24.9 Å². The first kappa shape index (κ1) is 13.0. The van der Waals surface area contributed by atoms with Crippen LogP contribution >= 0.6 is 0 Å². The molecule has 0 fully saturated rings. The number of hydrogen-bond acceptors (Lipinski definition) is 1. The van der Waals surface area contributed by atoms with Gasteiger partial charge in [0, 0.05) is 18.9 Å². The van der Waals surface area contributed by atoms with E-state index in [9.17, 15) is 0 Å². The van der Waals surface area contributed by atoms with Gasteiger partial charge in [-0.15, -0.1) is 6.42 Å². The van der Waals surface area contributed by atoms with Crippen molar-refractivity contribution in [1.29, 1.82) is 0 Å². The van der Waals surface area contributed by atoms with E-state index in [1.807, 2.05) is 13.0 Å². The zero-order valence-electron chi connectivity index (χ0n) is 11.7. The Kier molecular flexibility index (Phi) is 3.34. The zero-order chi connectivity index (χ0) is 14.0. The van der Waals surface area contributed by atoms with Crippen LogP contribution in [0.25, 0.3) is 0 Å². The van der Waals surface area contributed by atoms with E-state index in [1.165, 1.54) is 16.7 Å². The van der Waals surface area contributed by atoms with E-state index >= 15 is 0 Å². The highest BCUT2D eigenvalue weighted by Gasteiger charge is 2.45. The Labute approximate surface area is 120 Å². The topological polar surface area (TPSA) is 9.23 Å². The molecule has 0 saturated carbocycles. The first-order chi connectivity index (χ1) is 9.81. The van der Waals surface area contributed by atoms with Crippen LogP contribution in [0.1, 0.15) is 36.0 Å². The van der Waals surface area contributed by atoms with E-state index in [2.05, 4.69) is 54.5 Å². The van der Waals surface area contributed by atoms with E-state index in [1.54, 1.807) is 0 Å². The van der Waals surface area contributed by atoms with Crippen LogP contribution in [0.15, 0.2) is 54.6 Å². The molecular weight excluding hydrogens is 244 g/mol. The van der Waals surface area contributed by atoms with Crippen LogP contribution in [0.3, 0.4) is 0 Å². The molecule has 2 aromatic carbocycles. The van der Waals surface area contributed by atoms with E-state index in [0.717, 1.165) is 6.42 Å². The summed E-state index contributed by atoms with van der Waals surface area (Å²) in [6.07, 6.45) is 6.56. The molecule has 0 unspecified atom stereocenters. The van der Waals surface area contributed by atoms with Crippen LogP contribution in [-0.2, 0) is 10.3 Å². The molecule has 0 saturated heterocycles. The zero-order valence-corrected chi connectivity index (χ0v) is 11.7. The van der Waals surface area contributed by atoms with Gasteiger partial charge in [0.05, 0.1) is 0 Å². The fourth-order valence-corrected chi connectivity index (χ4v) is 3.27. The smallest absolute Gasteiger partial charge is 0.120 e. The van der Waals surface area contributed by atoms with Gasteiger partial charge >= 0.3 is 0 Å².